The Hall–Kier alpha value is -1.69. The predicted molar refractivity (Wildman–Crippen MR) is 110 cm³/mol. The van der Waals surface area contributed by atoms with Gasteiger partial charge in [0.25, 0.3) is 0 Å². The summed E-state index contributed by atoms with van der Waals surface area (Å²) in [5.74, 6) is 3.37. The van der Waals surface area contributed by atoms with Crippen LogP contribution in [0, 0.1) is 12.3 Å². The molecule has 0 bridgehead atoms. The molecule has 0 aliphatic rings. The van der Waals surface area contributed by atoms with Crippen LogP contribution in [0.1, 0.15) is 47.1 Å². The molecule has 0 amide bonds. The van der Waals surface area contributed by atoms with E-state index in [2.05, 4.69) is 16.1 Å². The molecule has 3 nitrogen and oxygen atoms in total. The third-order valence-corrected chi connectivity index (χ3v) is 2.94. The monoisotopic (exact) mass is 451 g/mol. The first-order valence-corrected chi connectivity index (χ1v) is 9.24. The fraction of sp³-hybridized carbons (Fsp3) is 0.304. The van der Waals surface area contributed by atoms with Crippen LogP contribution in [0.4, 0.5) is 0 Å². The van der Waals surface area contributed by atoms with E-state index in [4.69, 9.17) is 10.8 Å². The van der Waals surface area contributed by atoms with E-state index in [9.17, 15) is 0 Å². The summed E-state index contributed by atoms with van der Waals surface area (Å²) >= 11 is 0. The Morgan fingerprint density at radius 1 is 0.714 bits per heavy atom. The third kappa shape index (κ3) is 10.0. The number of benzene rings is 2. The van der Waals surface area contributed by atoms with E-state index in [0.717, 1.165) is 16.7 Å². The third-order valence-electron chi connectivity index (χ3n) is 2.94. The molecule has 0 unspecified atom stereocenters. The Balaban J connectivity index is -0.000000716. The van der Waals surface area contributed by atoms with Crippen LogP contribution in [0.25, 0.3) is 22.9 Å². The summed E-state index contributed by atoms with van der Waals surface area (Å²) in [6.07, 6.45) is 7.48. The van der Waals surface area contributed by atoms with Gasteiger partial charge in [0.1, 0.15) is 0 Å². The van der Waals surface area contributed by atoms with Crippen LogP contribution >= 0.6 is 0 Å². The fourth-order valence-electron chi connectivity index (χ4n) is 1.90. The molecule has 0 aliphatic carbocycles. The second kappa shape index (κ2) is 20.1. The smallest absolute Gasteiger partial charge is 0.248 e. The second-order valence-corrected chi connectivity index (χ2v) is 4.33. The van der Waals surface area contributed by atoms with Crippen LogP contribution in [-0.4, -0.2) is 10.2 Å². The molecule has 28 heavy (non-hydrogen) atoms. The summed E-state index contributed by atoms with van der Waals surface area (Å²) in [7, 11) is 0. The quantitative estimate of drug-likeness (QED) is 0.332. The Morgan fingerprint density at radius 2 is 1.14 bits per heavy atom. The average molecular weight is 451 g/mol. The summed E-state index contributed by atoms with van der Waals surface area (Å²) < 4.78 is 5.68. The number of rotatable bonds is 3. The van der Waals surface area contributed by atoms with E-state index >= 15 is 0 Å². The van der Waals surface area contributed by atoms with E-state index in [-0.39, 0.29) is 37.1 Å². The number of hydrogen-bond acceptors (Lipinski definition) is 3. The summed E-state index contributed by atoms with van der Waals surface area (Å²) in [6.45, 7) is 12.0. The Bertz CT molecular complexity index is 748. The fourth-order valence-corrected chi connectivity index (χ4v) is 1.90. The summed E-state index contributed by atoms with van der Waals surface area (Å²) in [6, 6.07) is 17.4. The van der Waals surface area contributed by atoms with E-state index in [1.165, 1.54) is 0 Å². The molecular formula is C23H29N2OV2-. The molecule has 0 spiro atoms. The average Bonchev–Trinajstić information content (AvgIpc) is 3.24. The van der Waals surface area contributed by atoms with Gasteiger partial charge >= 0.3 is 0 Å². The zero-order valence-electron chi connectivity index (χ0n) is 17.6. The molecule has 3 rings (SSSR count). The zero-order valence-corrected chi connectivity index (χ0v) is 20.4. The van der Waals surface area contributed by atoms with Crippen molar-refractivity contribution < 1.29 is 41.5 Å². The molecule has 0 atom stereocenters. The Kier molecular flexibility index (Phi) is 22.2. The molecule has 0 saturated carbocycles. The van der Waals surface area contributed by atoms with Crippen molar-refractivity contribution in [3.8, 4) is 28.8 Å². The maximum absolute atomic E-state index is 6.97. The summed E-state index contributed by atoms with van der Waals surface area (Å²) in [4.78, 5) is 0. The van der Waals surface area contributed by atoms with Gasteiger partial charge in [-0.25, -0.2) is 0 Å². The molecular weight excluding hydrogens is 422 g/mol. The van der Waals surface area contributed by atoms with Gasteiger partial charge in [0.05, 0.1) is 0 Å². The molecule has 2 aromatic carbocycles. The second-order valence-electron chi connectivity index (χ2n) is 4.33. The number of nitrogens with zero attached hydrogens (tertiary/aromatic N) is 2. The molecule has 0 aliphatic heterocycles. The van der Waals surface area contributed by atoms with E-state index < -0.39 is 0 Å². The molecule has 5 heteroatoms. The molecule has 1 heterocycles. The van der Waals surface area contributed by atoms with Crippen molar-refractivity contribution in [2.45, 2.75) is 48.0 Å². The van der Waals surface area contributed by atoms with Crippen molar-refractivity contribution in [2.24, 2.45) is 0 Å². The van der Waals surface area contributed by atoms with E-state index in [0.29, 0.717) is 18.2 Å². The molecule has 0 fully saturated rings. The van der Waals surface area contributed by atoms with Gasteiger partial charge in [0.2, 0.25) is 11.8 Å². The van der Waals surface area contributed by atoms with Crippen LogP contribution in [0.5, 0.6) is 0 Å². The molecule has 0 saturated heterocycles. The van der Waals surface area contributed by atoms with Crippen molar-refractivity contribution in [1.29, 1.82) is 0 Å². The first-order valence-electron chi connectivity index (χ1n) is 9.24. The first-order chi connectivity index (χ1) is 12.9. The van der Waals surface area contributed by atoms with Crippen molar-refractivity contribution in [3.63, 3.8) is 0 Å². The van der Waals surface area contributed by atoms with Crippen LogP contribution in [0.2, 0.25) is 0 Å². The topological polar surface area (TPSA) is 38.9 Å². The maximum atomic E-state index is 6.97. The maximum Gasteiger partial charge on any atom is 0.248 e. The van der Waals surface area contributed by atoms with Crippen molar-refractivity contribution in [3.05, 3.63) is 66.6 Å². The standard InChI is InChI=1S/C17H11N2O.3C2H6.2V/c1-2-6-13-9-11-15(12-10-13)17-19-18-16(20-17)14-7-4-3-5-8-14;3*1-2;;/h3-5,7-12H,6H2;3*1-2H3;;/q-1;;;;;. The van der Waals surface area contributed by atoms with Crippen LogP contribution in [-0.2, 0) is 43.5 Å². The SMILES string of the molecule is CC.CC.CC.[C-]#CCc1ccc(-c2nnc(-c3ccccc3)o2)cc1.[V].[V]. The molecule has 1 aromatic heterocycles. The minimum Gasteiger partial charge on any atom is -0.693 e. The Labute approximate surface area is 194 Å². The first kappa shape index (κ1) is 31.0. The van der Waals surface area contributed by atoms with E-state index in [1.54, 1.807) is 0 Å². The van der Waals surface area contributed by atoms with Gasteiger partial charge in [-0.3, -0.25) is 0 Å². The summed E-state index contributed by atoms with van der Waals surface area (Å²) in [5.41, 5.74) is 2.81. The molecule has 3 aromatic rings. The van der Waals surface area contributed by atoms with Gasteiger partial charge in [-0.2, -0.15) is 0 Å². The summed E-state index contributed by atoms with van der Waals surface area (Å²) in [5, 5.41) is 8.13. The molecule has 148 valence electrons. The van der Waals surface area contributed by atoms with Gasteiger partial charge in [-0.05, 0) is 36.2 Å². The van der Waals surface area contributed by atoms with Crippen LogP contribution < -0.4 is 0 Å². The van der Waals surface area contributed by atoms with Gasteiger partial charge < -0.3 is 16.8 Å². The van der Waals surface area contributed by atoms with Crippen molar-refractivity contribution in [2.75, 3.05) is 0 Å². The number of aromatic nitrogens is 2. The largest absolute Gasteiger partial charge is 0.693 e. The van der Waals surface area contributed by atoms with Crippen molar-refractivity contribution in [1.82, 2.24) is 10.2 Å². The van der Waals surface area contributed by atoms with Crippen LogP contribution in [0.15, 0.2) is 59.0 Å². The van der Waals surface area contributed by atoms with Crippen LogP contribution in [0.3, 0.4) is 0 Å². The van der Waals surface area contributed by atoms with E-state index in [1.807, 2.05) is 96.1 Å². The van der Waals surface area contributed by atoms with Gasteiger partial charge in [0, 0.05) is 48.2 Å². The number of hydrogen-bond donors (Lipinski definition) is 0. The minimum atomic E-state index is 0. The zero-order chi connectivity index (χ0) is 19.8. The minimum absolute atomic E-state index is 0. The van der Waals surface area contributed by atoms with Crippen molar-refractivity contribution >= 4 is 0 Å². The Morgan fingerprint density at radius 3 is 1.57 bits per heavy atom. The van der Waals surface area contributed by atoms with Gasteiger partial charge in [0.15, 0.2) is 0 Å². The molecule has 0 N–H and O–H groups in total. The normalized spacial score (nSPS) is 7.89. The van der Waals surface area contributed by atoms with Gasteiger partial charge in [-0.1, -0.05) is 71.9 Å². The molecule has 2 radical (unpaired) electrons. The predicted octanol–water partition coefficient (Wildman–Crippen LogP) is 6.61. The van der Waals surface area contributed by atoms with Gasteiger partial charge in [-0.15, -0.1) is 10.2 Å².